The van der Waals surface area contributed by atoms with E-state index in [9.17, 15) is 23.9 Å². The number of nitrogens with one attached hydrogen (secondary N) is 2. The first-order valence-corrected chi connectivity index (χ1v) is 6.06. The number of benzene rings is 1. The summed E-state index contributed by atoms with van der Waals surface area (Å²) < 4.78 is 18.0. The number of carboxylic acid groups (broad SMARTS) is 1. The smallest absolute Gasteiger partial charge is 0.340 e. The van der Waals surface area contributed by atoms with Gasteiger partial charge in [0.2, 0.25) is 0 Å². The molecule has 0 saturated heterocycles. The first kappa shape index (κ1) is 17.4. The molecular formula is C13H15FN2O6. The Morgan fingerprint density at radius 3 is 2.50 bits per heavy atom. The molecule has 8 nitrogen and oxygen atoms in total. The fourth-order valence-corrected chi connectivity index (χ4v) is 1.37. The van der Waals surface area contributed by atoms with E-state index >= 15 is 0 Å². The van der Waals surface area contributed by atoms with Crippen LogP contribution in [-0.4, -0.2) is 47.4 Å². The van der Waals surface area contributed by atoms with Crippen molar-refractivity contribution in [3.63, 3.8) is 0 Å². The number of ether oxygens (including phenoxy) is 1. The van der Waals surface area contributed by atoms with Gasteiger partial charge in [0.25, 0.3) is 0 Å². The molecule has 1 rings (SSSR count). The second kappa shape index (κ2) is 6.85. The Labute approximate surface area is 124 Å². The van der Waals surface area contributed by atoms with Gasteiger partial charge in [-0.2, -0.15) is 0 Å². The summed E-state index contributed by atoms with van der Waals surface area (Å²) >= 11 is 0. The summed E-state index contributed by atoms with van der Waals surface area (Å²) in [5, 5.41) is 22.5. The lowest BCUT2D eigenvalue weighted by Gasteiger charge is -2.18. The van der Waals surface area contributed by atoms with Crippen LogP contribution in [0.15, 0.2) is 18.2 Å². The third-order valence-corrected chi connectivity index (χ3v) is 2.69. The van der Waals surface area contributed by atoms with Gasteiger partial charge in [-0.3, -0.25) is 0 Å². The number of methoxy groups -OCH3 is 1. The minimum Gasteiger partial charge on any atom is -0.479 e. The number of aliphatic hydroxyl groups is 1. The Balaban J connectivity index is 2.68. The molecule has 1 aromatic carbocycles. The van der Waals surface area contributed by atoms with E-state index in [-0.39, 0.29) is 11.3 Å². The number of carbonyl (C=O) groups is 3. The monoisotopic (exact) mass is 314 g/mol. The summed E-state index contributed by atoms with van der Waals surface area (Å²) in [6, 6.07) is 2.46. The Morgan fingerprint density at radius 1 is 1.36 bits per heavy atom. The fraction of sp³-hybridized carbons (Fsp3) is 0.308. The van der Waals surface area contributed by atoms with Crippen LogP contribution in [0.2, 0.25) is 0 Å². The van der Waals surface area contributed by atoms with Gasteiger partial charge in [-0.25, -0.2) is 18.8 Å². The Kier molecular flexibility index (Phi) is 5.41. The highest BCUT2D eigenvalue weighted by Crippen LogP contribution is 2.15. The van der Waals surface area contributed by atoms with Crippen LogP contribution < -0.4 is 10.6 Å². The van der Waals surface area contributed by atoms with E-state index in [2.05, 4.69) is 15.4 Å². The molecule has 0 aliphatic heterocycles. The van der Waals surface area contributed by atoms with Crippen LogP contribution in [-0.2, 0) is 9.53 Å². The topological polar surface area (TPSA) is 125 Å². The Bertz CT molecular complexity index is 602. The fourth-order valence-electron chi connectivity index (χ4n) is 1.37. The van der Waals surface area contributed by atoms with Crippen LogP contribution in [0.5, 0.6) is 0 Å². The second-order valence-corrected chi connectivity index (χ2v) is 4.57. The highest BCUT2D eigenvalue weighted by atomic mass is 19.1. The van der Waals surface area contributed by atoms with Crippen LogP contribution in [0.25, 0.3) is 0 Å². The average molecular weight is 314 g/mol. The van der Waals surface area contributed by atoms with Gasteiger partial charge in [-0.1, -0.05) is 0 Å². The van der Waals surface area contributed by atoms with E-state index in [0.717, 1.165) is 26.2 Å². The number of hydrogen-bond acceptors (Lipinski definition) is 5. The number of hydrogen-bond donors (Lipinski definition) is 4. The molecule has 2 amide bonds. The molecule has 4 N–H and O–H groups in total. The number of carboxylic acids is 1. The van der Waals surface area contributed by atoms with Gasteiger partial charge in [-0.05, 0) is 25.1 Å². The van der Waals surface area contributed by atoms with Crippen molar-refractivity contribution < 1.29 is 33.7 Å². The molecule has 0 spiro atoms. The van der Waals surface area contributed by atoms with Gasteiger partial charge in [0.05, 0.1) is 19.2 Å². The summed E-state index contributed by atoms with van der Waals surface area (Å²) in [6.45, 7) is 0.470. The molecule has 22 heavy (non-hydrogen) atoms. The van der Waals surface area contributed by atoms with Crippen molar-refractivity contribution in [2.75, 3.05) is 19.0 Å². The van der Waals surface area contributed by atoms with E-state index in [1.165, 1.54) is 6.07 Å². The SMILES string of the molecule is COC(=O)c1ccc(NC(=O)NCC(C)(O)C(=O)O)cc1F. The maximum atomic E-state index is 13.6. The largest absolute Gasteiger partial charge is 0.479 e. The zero-order valence-electron chi connectivity index (χ0n) is 11.8. The lowest BCUT2D eigenvalue weighted by molar-refractivity contribution is -0.155. The van der Waals surface area contributed by atoms with Gasteiger partial charge in [-0.15, -0.1) is 0 Å². The van der Waals surface area contributed by atoms with Crippen LogP contribution in [0.3, 0.4) is 0 Å². The molecule has 1 aromatic rings. The molecule has 0 radical (unpaired) electrons. The quantitative estimate of drug-likeness (QED) is 0.589. The summed E-state index contributed by atoms with van der Waals surface area (Å²) in [5.41, 5.74) is -2.38. The highest BCUT2D eigenvalue weighted by molar-refractivity contribution is 5.92. The van der Waals surface area contributed by atoms with E-state index in [0.29, 0.717) is 0 Å². The van der Waals surface area contributed by atoms with Crippen LogP contribution >= 0.6 is 0 Å². The van der Waals surface area contributed by atoms with Gasteiger partial charge in [0.1, 0.15) is 5.82 Å². The van der Waals surface area contributed by atoms with Gasteiger partial charge in [0.15, 0.2) is 5.60 Å². The normalized spacial score (nSPS) is 12.9. The standard InChI is InChI=1S/C13H15FN2O6/c1-13(21,11(18)19)6-15-12(20)16-7-3-4-8(9(14)5-7)10(17)22-2/h3-5,21H,6H2,1-2H3,(H,18,19)(H2,15,16,20). The molecule has 9 heteroatoms. The van der Waals surface area contributed by atoms with E-state index in [1.54, 1.807) is 0 Å². The molecule has 0 aliphatic carbocycles. The van der Waals surface area contributed by atoms with Gasteiger partial charge in [0, 0.05) is 5.69 Å². The highest BCUT2D eigenvalue weighted by Gasteiger charge is 2.30. The molecule has 0 fully saturated rings. The van der Waals surface area contributed by atoms with Crippen molar-refractivity contribution in [2.45, 2.75) is 12.5 Å². The van der Waals surface area contributed by atoms with E-state index in [4.69, 9.17) is 5.11 Å². The minimum absolute atomic E-state index is 0.0395. The molecule has 1 atom stereocenters. The second-order valence-electron chi connectivity index (χ2n) is 4.57. The predicted octanol–water partition coefficient (Wildman–Crippen LogP) is 0.569. The van der Waals surface area contributed by atoms with Crippen molar-refractivity contribution in [3.05, 3.63) is 29.6 Å². The molecule has 1 unspecified atom stereocenters. The molecule has 120 valence electrons. The van der Waals surface area contributed by atoms with Gasteiger partial charge >= 0.3 is 18.0 Å². The lowest BCUT2D eigenvalue weighted by atomic mass is 10.1. The maximum Gasteiger partial charge on any atom is 0.340 e. The van der Waals surface area contributed by atoms with Crippen LogP contribution in [0.1, 0.15) is 17.3 Å². The molecular weight excluding hydrogens is 299 g/mol. The Morgan fingerprint density at radius 2 is 2.00 bits per heavy atom. The molecule has 0 aliphatic rings. The van der Waals surface area contributed by atoms with Crippen LogP contribution in [0, 0.1) is 5.82 Å². The van der Waals surface area contributed by atoms with Crippen LogP contribution in [0.4, 0.5) is 14.9 Å². The molecule has 0 bridgehead atoms. The van der Waals surface area contributed by atoms with E-state index < -0.39 is 35.9 Å². The lowest BCUT2D eigenvalue weighted by Crippen LogP contribution is -2.47. The number of aliphatic carboxylic acids is 1. The van der Waals surface area contributed by atoms with Crippen molar-refractivity contribution in [2.24, 2.45) is 0 Å². The van der Waals surface area contributed by atoms with Crippen molar-refractivity contribution in [3.8, 4) is 0 Å². The minimum atomic E-state index is -2.13. The molecule has 0 heterocycles. The first-order chi connectivity index (χ1) is 10.2. The van der Waals surface area contributed by atoms with Crippen molar-refractivity contribution in [1.29, 1.82) is 0 Å². The first-order valence-electron chi connectivity index (χ1n) is 6.06. The summed E-state index contributed by atoms with van der Waals surface area (Å²) in [5.74, 6) is -3.24. The summed E-state index contributed by atoms with van der Waals surface area (Å²) in [6.07, 6.45) is 0. The average Bonchev–Trinajstić information content (AvgIpc) is 2.44. The number of anilines is 1. The third-order valence-electron chi connectivity index (χ3n) is 2.69. The van der Waals surface area contributed by atoms with Crippen molar-refractivity contribution >= 4 is 23.7 Å². The molecule has 0 aromatic heterocycles. The zero-order valence-corrected chi connectivity index (χ0v) is 11.8. The number of urea groups is 1. The Hall–Kier alpha value is -2.68. The molecule has 0 saturated carbocycles. The number of amides is 2. The van der Waals surface area contributed by atoms with E-state index in [1.807, 2.05) is 0 Å². The third kappa shape index (κ3) is 4.42. The summed E-state index contributed by atoms with van der Waals surface area (Å²) in [7, 11) is 1.11. The number of halogens is 1. The van der Waals surface area contributed by atoms with Gasteiger partial charge < -0.3 is 25.6 Å². The maximum absolute atomic E-state index is 13.6. The number of carbonyl (C=O) groups excluding carboxylic acids is 2. The number of rotatable bonds is 5. The summed E-state index contributed by atoms with van der Waals surface area (Å²) in [4.78, 5) is 33.4. The predicted molar refractivity (Wildman–Crippen MR) is 73.0 cm³/mol. The number of esters is 1. The van der Waals surface area contributed by atoms with Crippen molar-refractivity contribution in [1.82, 2.24) is 5.32 Å². The zero-order chi connectivity index (χ0) is 16.9.